The van der Waals surface area contributed by atoms with E-state index >= 15 is 0 Å². The third kappa shape index (κ3) is 4.51. The Balaban J connectivity index is 2.62. The molecule has 18 heavy (non-hydrogen) atoms. The van der Waals surface area contributed by atoms with Gasteiger partial charge >= 0.3 is 6.01 Å². The van der Waals surface area contributed by atoms with E-state index in [2.05, 4.69) is 18.8 Å². The van der Waals surface area contributed by atoms with Crippen LogP contribution in [0.5, 0.6) is 0 Å². The van der Waals surface area contributed by atoms with Crippen LogP contribution < -0.4 is 4.90 Å². The Bertz CT molecular complexity index is 360. The fraction of sp³-hybridized carbons (Fsp3) is 0.714. The van der Waals surface area contributed by atoms with Crippen molar-refractivity contribution in [3.05, 3.63) is 12.0 Å². The highest BCUT2D eigenvalue weighted by atomic mass is 16.4. The van der Waals surface area contributed by atoms with Crippen molar-refractivity contribution in [3.8, 4) is 0 Å². The molecule has 1 amide bonds. The maximum atomic E-state index is 12.2. The lowest BCUT2D eigenvalue weighted by atomic mass is 10.2. The lowest BCUT2D eigenvalue weighted by Gasteiger charge is -2.18. The molecule has 1 aromatic heterocycles. The van der Waals surface area contributed by atoms with Crippen LogP contribution in [-0.2, 0) is 4.79 Å². The highest BCUT2D eigenvalue weighted by Gasteiger charge is 2.19. The summed E-state index contributed by atoms with van der Waals surface area (Å²) in [6.45, 7) is 6.81. The number of oxazole rings is 1. The van der Waals surface area contributed by atoms with Crippen LogP contribution in [-0.4, -0.2) is 17.4 Å². The van der Waals surface area contributed by atoms with Crippen molar-refractivity contribution < 1.29 is 9.21 Å². The third-order valence-corrected chi connectivity index (χ3v) is 2.87. The highest BCUT2D eigenvalue weighted by molar-refractivity contribution is 5.91. The largest absolute Gasteiger partial charge is 0.431 e. The van der Waals surface area contributed by atoms with Gasteiger partial charge in [-0.3, -0.25) is 9.69 Å². The summed E-state index contributed by atoms with van der Waals surface area (Å²) in [6.07, 6.45) is 7.36. The van der Waals surface area contributed by atoms with Crippen molar-refractivity contribution in [2.45, 2.75) is 59.3 Å². The van der Waals surface area contributed by atoms with Crippen molar-refractivity contribution in [1.82, 2.24) is 4.98 Å². The van der Waals surface area contributed by atoms with Gasteiger partial charge in [-0.25, -0.2) is 0 Å². The van der Waals surface area contributed by atoms with E-state index in [9.17, 15) is 4.79 Å². The Hall–Kier alpha value is -1.32. The van der Waals surface area contributed by atoms with Gasteiger partial charge in [0.1, 0.15) is 6.26 Å². The average molecular weight is 252 g/mol. The van der Waals surface area contributed by atoms with Crippen LogP contribution in [0.15, 0.2) is 10.7 Å². The Morgan fingerprint density at radius 1 is 1.28 bits per heavy atom. The molecule has 0 aliphatic rings. The molecule has 4 nitrogen and oxygen atoms in total. The second-order valence-electron chi connectivity index (χ2n) is 4.63. The Kier molecular flexibility index (Phi) is 6.47. The van der Waals surface area contributed by atoms with Gasteiger partial charge in [-0.2, -0.15) is 4.98 Å². The van der Waals surface area contributed by atoms with Crippen LogP contribution in [0.4, 0.5) is 6.01 Å². The normalized spacial score (nSPS) is 10.6. The molecule has 0 unspecified atom stereocenters. The quantitative estimate of drug-likeness (QED) is 0.663. The molecule has 0 aliphatic heterocycles. The second-order valence-corrected chi connectivity index (χ2v) is 4.63. The molecule has 0 radical (unpaired) electrons. The number of hydrogen-bond acceptors (Lipinski definition) is 3. The number of aromatic nitrogens is 1. The monoisotopic (exact) mass is 252 g/mol. The number of carbonyl (C=O) groups excluding carboxylic acids is 1. The molecule has 0 saturated carbocycles. The number of hydrogen-bond donors (Lipinski definition) is 0. The van der Waals surface area contributed by atoms with E-state index in [1.807, 2.05) is 6.92 Å². The van der Waals surface area contributed by atoms with E-state index in [4.69, 9.17) is 4.42 Å². The van der Waals surface area contributed by atoms with Gasteiger partial charge in [0.2, 0.25) is 5.91 Å². The Labute approximate surface area is 109 Å². The van der Waals surface area contributed by atoms with Gasteiger partial charge < -0.3 is 4.42 Å². The van der Waals surface area contributed by atoms with Gasteiger partial charge in [0.15, 0.2) is 0 Å². The first kappa shape index (κ1) is 14.7. The van der Waals surface area contributed by atoms with Crippen molar-refractivity contribution >= 4 is 11.9 Å². The zero-order valence-corrected chi connectivity index (χ0v) is 11.7. The number of carbonyl (C=O) groups is 1. The minimum Gasteiger partial charge on any atom is -0.431 e. The molecule has 0 saturated heterocycles. The summed E-state index contributed by atoms with van der Waals surface area (Å²) < 4.78 is 5.34. The molecule has 0 spiro atoms. The summed E-state index contributed by atoms with van der Waals surface area (Å²) in [4.78, 5) is 18.1. The van der Waals surface area contributed by atoms with Crippen LogP contribution in [0.3, 0.4) is 0 Å². The number of rotatable bonds is 8. The highest BCUT2D eigenvalue weighted by Crippen LogP contribution is 2.16. The smallest absolute Gasteiger partial charge is 0.304 e. The van der Waals surface area contributed by atoms with Crippen molar-refractivity contribution in [2.75, 3.05) is 11.4 Å². The lowest BCUT2D eigenvalue weighted by Crippen LogP contribution is -2.32. The number of aryl methyl sites for hydroxylation is 1. The number of anilines is 1. The minimum absolute atomic E-state index is 0.124. The molecule has 0 atom stereocenters. The first-order valence-electron chi connectivity index (χ1n) is 6.91. The van der Waals surface area contributed by atoms with Gasteiger partial charge in [0, 0.05) is 13.0 Å². The van der Waals surface area contributed by atoms with Crippen molar-refractivity contribution in [1.29, 1.82) is 0 Å². The molecule has 4 heteroatoms. The molecule has 0 aliphatic carbocycles. The number of unbranched alkanes of at least 4 members (excludes halogenated alkanes) is 3. The van der Waals surface area contributed by atoms with E-state index in [1.54, 1.807) is 11.2 Å². The first-order chi connectivity index (χ1) is 8.69. The standard InChI is InChI=1S/C14H24N2O2/c1-4-6-8-9-13(17)16(10-7-5-2)14-15-12(3)11-18-14/h11H,4-10H2,1-3H3. The molecular formula is C14H24N2O2. The molecule has 1 rings (SSSR count). The van der Waals surface area contributed by atoms with Gasteiger partial charge in [0.25, 0.3) is 0 Å². The third-order valence-electron chi connectivity index (χ3n) is 2.87. The maximum Gasteiger partial charge on any atom is 0.304 e. The summed E-state index contributed by atoms with van der Waals surface area (Å²) in [5, 5.41) is 0. The van der Waals surface area contributed by atoms with Crippen molar-refractivity contribution in [2.24, 2.45) is 0 Å². The van der Waals surface area contributed by atoms with E-state index in [0.29, 0.717) is 19.0 Å². The Morgan fingerprint density at radius 3 is 2.56 bits per heavy atom. The molecule has 1 heterocycles. The van der Waals surface area contributed by atoms with E-state index < -0.39 is 0 Å². The SMILES string of the molecule is CCCCCC(=O)N(CCCC)c1nc(C)co1. The molecule has 1 aromatic rings. The predicted molar refractivity (Wildman–Crippen MR) is 72.6 cm³/mol. The molecular weight excluding hydrogens is 228 g/mol. The van der Waals surface area contributed by atoms with Gasteiger partial charge in [-0.15, -0.1) is 0 Å². The summed E-state index contributed by atoms with van der Waals surface area (Å²) in [5.74, 6) is 0.124. The van der Waals surface area contributed by atoms with Crippen LogP contribution in [0.25, 0.3) is 0 Å². The molecule has 0 fully saturated rings. The van der Waals surface area contributed by atoms with Crippen LogP contribution in [0.2, 0.25) is 0 Å². The first-order valence-corrected chi connectivity index (χ1v) is 6.91. The summed E-state index contributed by atoms with van der Waals surface area (Å²) in [7, 11) is 0. The summed E-state index contributed by atoms with van der Waals surface area (Å²) in [6, 6.07) is 0.447. The zero-order chi connectivity index (χ0) is 13.4. The maximum absolute atomic E-state index is 12.2. The topological polar surface area (TPSA) is 46.3 Å². The minimum atomic E-state index is 0.124. The van der Waals surface area contributed by atoms with Gasteiger partial charge in [-0.1, -0.05) is 33.1 Å². The lowest BCUT2D eigenvalue weighted by molar-refractivity contribution is -0.119. The molecule has 0 aromatic carbocycles. The zero-order valence-electron chi connectivity index (χ0n) is 11.7. The van der Waals surface area contributed by atoms with E-state index in [-0.39, 0.29) is 5.91 Å². The van der Waals surface area contributed by atoms with E-state index in [0.717, 1.165) is 37.8 Å². The second kappa shape index (κ2) is 7.90. The predicted octanol–water partition coefficient (Wildman–Crippen LogP) is 3.70. The summed E-state index contributed by atoms with van der Waals surface area (Å²) >= 11 is 0. The molecule has 0 bridgehead atoms. The van der Waals surface area contributed by atoms with Gasteiger partial charge in [0.05, 0.1) is 5.69 Å². The van der Waals surface area contributed by atoms with E-state index in [1.165, 1.54) is 0 Å². The van der Waals surface area contributed by atoms with Crippen LogP contribution in [0.1, 0.15) is 58.1 Å². The Morgan fingerprint density at radius 2 is 2.00 bits per heavy atom. The summed E-state index contributed by atoms with van der Waals surface area (Å²) in [5.41, 5.74) is 0.813. The number of nitrogens with zero attached hydrogens (tertiary/aromatic N) is 2. The average Bonchev–Trinajstić information content (AvgIpc) is 2.77. The fourth-order valence-corrected chi connectivity index (χ4v) is 1.77. The van der Waals surface area contributed by atoms with Crippen LogP contribution in [0, 0.1) is 6.92 Å². The number of amides is 1. The molecule has 102 valence electrons. The fourth-order valence-electron chi connectivity index (χ4n) is 1.77. The van der Waals surface area contributed by atoms with Gasteiger partial charge in [-0.05, 0) is 19.8 Å². The molecule has 0 N–H and O–H groups in total. The van der Waals surface area contributed by atoms with Crippen LogP contribution >= 0.6 is 0 Å². The van der Waals surface area contributed by atoms with Crippen molar-refractivity contribution in [3.63, 3.8) is 0 Å².